The van der Waals surface area contributed by atoms with E-state index < -0.39 is 9.84 Å². The molecule has 0 atom stereocenters. The molecule has 6 N–H and O–H groups in total. The maximum Gasteiger partial charge on any atom is 0.206 e. The van der Waals surface area contributed by atoms with Gasteiger partial charge in [-0.15, -0.1) is 0 Å². The summed E-state index contributed by atoms with van der Waals surface area (Å²) in [5, 5.41) is 19.0. The summed E-state index contributed by atoms with van der Waals surface area (Å²) in [6, 6.07) is 22.2. The van der Waals surface area contributed by atoms with Gasteiger partial charge in [-0.2, -0.15) is 0 Å². The van der Waals surface area contributed by atoms with Crippen molar-refractivity contribution in [3.8, 4) is 33.8 Å². The Hall–Kier alpha value is -3.97. The zero-order valence-corrected chi connectivity index (χ0v) is 17.2. The number of nitrogens with two attached hydrogens (primary N) is 2. The molecule has 0 aromatic heterocycles. The van der Waals surface area contributed by atoms with Crippen LogP contribution in [0.4, 0.5) is 11.4 Å². The maximum atomic E-state index is 13.0. The predicted molar refractivity (Wildman–Crippen MR) is 121 cm³/mol. The second kappa shape index (κ2) is 7.70. The van der Waals surface area contributed by atoms with Crippen LogP contribution in [0.1, 0.15) is 0 Å². The fourth-order valence-electron chi connectivity index (χ4n) is 3.39. The first-order chi connectivity index (χ1) is 14.8. The zero-order valence-electron chi connectivity index (χ0n) is 16.4. The molecule has 0 fully saturated rings. The van der Waals surface area contributed by atoms with E-state index in [1.807, 2.05) is 0 Å². The average Bonchev–Trinajstić information content (AvgIpc) is 2.74. The Kier molecular flexibility index (Phi) is 5.04. The van der Waals surface area contributed by atoms with Crippen LogP contribution in [0.5, 0.6) is 11.5 Å². The van der Waals surface area contributed by atoms with Gasteiger partial charge < -0.3 is 21.7 Å². The van der Waals surface area contributed by atoms with Gasteiger partial charge in [0.25, 0.3) is 0 Å². The summed E-state index contributed by atoms with van der Waals surface area (Å²) in [5.41, 5.74) is 15.6. The number of anilines is 2. The number of hydrogen-bond acceptors (Lipinski definition) is 6. The standard InChI is InChI=1S/C24H20N2O4S/c25-23-13-17(27)5-11-21(23)15-1-7-19(8-2-15)31(29,30)20-9-3-16(4-10-20)22-12-6-18(28)14-24(22)26/h1-14,27-28H,25-26H2. The van der Waals surface area contributed by atoms with Crippen molar-refractivity contribution in [3.63, 3.8) is 0 Å². The highest BCUT2D eigenvalue weighted by Crippen LogP contribution is 2.32. The molecule has 4 aromatic carbocycles. The zero-order chi connectivity index (χ0) is 22.2. The Bertz CT molecular complexity index is 1260. The quantitative estimate of drug-likeness (QED) is 0.353. The number of aromatic hydroxyl groups is 2. The summed E-state index contributed by atoms with van der Waals surface area (Å²) in [7, 11) is -3.71. The van der Waals surface area contributed by atoms with Crippen LogP contribution >= 0.6 is 0 Å². The molecule has 0 radical (unpaired) electrons. The van der Waals surface area contributed by atoms with Crippen LogP contribution in [0.3, 0.4) is 0 Å². The van der Waals surface area contributed by atoms with Gasteiger partial charge in [0, 0.05) is 34.6 Å². The van der Waals surface area contributed by atoms with Gasteiger partial charge in [-0.05, 0) is 59.7 Å². The van der Waals surface area contributed by atoms with Crippen molar-refractivity contribution in [1.82, 2.24) is 0 Å². The van der Waals surface area contributed by atoms with Crippen LogP contribution in [0.2, 0.25) is 0 Å². The lowest BCUT2D eigenvalue weighted by Crippen LogP contribution is -2.02. The Morgan fingerprint density at radius 3 is 1.23 bits per heavy atom. The van der Waals surface area contributed by atoms with Crippen molar-refractivity contribution in [2.24, 2.45) is 0 Å². The third kappa shape index (κ3) is 3.91. The van der Waals surface area contributed by atoms with Crippen molar-refractivity contribution in [2.45, 2.75) is 9.79 Å². The number of nitrogen functional groups attached to an aromatic ring is 2. The highest BCUT2D eigenvalue weighted by Gasteiger charge is 2.18. The minimum atomic E-state index is -3.71. The smallest absolute Gasteiger partial charge is 0.206 e. The lowest BCUT2D eigenvalue weighted by molar-refractivity contribution is 0.475. The molecule has 31 heavy (non-hydrogen) atoms. The van der Waals surface area contributed by atoms with Crippen LogP contribution in [0.15, 0.2) is 94.7 Å². The summed E-state index contributed by atoms with van der Waals surface area (Å²) in [4.78, 5) is 0.316. The van der Waals surface area contributed by atoms with E-state index in [9.17, 15) is 18.6 Å². The Morgan fingerprint density at radius 2 is 0.903 bits per heavy atom. The molecule has 0 bridgehead atoms. The van der Waals surface area contributed by atoms with Crippen molar-refractivity contribution in [2.75, 3.05) is 11.5 Å². The van der Waals surface area contributed by atoms with Gasteiger partial charge >= 0.3 is 0 Å². The Labute approximate surface area is 179 Å². The Morgan fingerprint density at radius 1 is 0.548 bits per heavy atom. The van der Waals surface area contributed by atoms with Crippen molar-refractivity contribution >= 4 is 21.2 Å². The number of sulfone groups is 1. The molecular weight excluding hydrogens is 412 g/mol. The van der Waals surface area contributed by atoms with E-state index in [-0.39, 0.29) is 21.3 Å². The van der Waals surface area contributed by atoms with Crippen molar-refractivity contribution in [1.29, 1.82) is 0 Å². The van der Waals surface area contributed by atoms with Gasteiger partial charge in [0.1, 0.15) is 11.5 Å². The molecular formula is C24H20N2O4S. The van der Waals surface area contributed by atoms with Crippen LogP contribution in [-0.4, -0.2) is 18.6 Å². The summed E-state index contributed by atoms with van der Waals surface area (Å²) in [6.07, 6.45) is 0. The van der Waals surface area contributed by atoms with E-state index in [2.05, 4.69) is 0 Å². The number of phenolic OH excluding ortho intramolecular Hbond substituents is 2. The molecule has 0 spiro atoms. The first-order valence-corrected chi connectivity index (χ1v) is 10.9. The van der Waals surface area contributed by atoms with Crippen LogP contribution in [0.25, 0.3) is 22.3 Å². The second-order valence-corrected chi connectivity index (χ2v) is 9.04. The topological polar surface area (TPSA) is 127 Å². The lowest BCUT2D eigenvalue weighted by Gasteiger charge is -2.10. The predicted octanol–water partition coefficient (Wildman–Crippen LogP) is 4.43. The number of phenols is 2. The SMILES string of the molecule is Nc1cc(O)ccc1-c1ccc(S(=O)(=O)c2ccc(-c3ccc(O)cc3N)cc2)cc1. The van der Waals surface area contributed by atoms with Gasteiger partial charge in [-0.3, -0.25) is 0 Å². The molecule has 0 unspecified atom stereocenters. The average molecular weight is 433 g/mol. The summed E-state index contributed by atoms with van der Waals surface area (Å²) in [5.74, 6) is 0.135. The van der Waals surface area contributed by atoms with Crippen LogP contribution < -0.4 is 11.5 Å². The van der Waals surface area contributed by atoms with Crippen LogP contribution in [0, 0.1) is 0 Å². The van der Waals surface area contributed by atoms with Crippen molar-refractivity contribution in [3.05, 3.63) is 84.9 Å². The third-order valence-corrected chi connectivity index (χ3v) is 6.81. The molecule has 0 aliphatic heterocycles. The highest BCUT2D eigenvalue weighted by atomic mass is 32.2. The molecule has 0 saturated carbocycles. The molecule has 0 aliphatic carbocycles. The number of benzene rings is 4. The van der Waals surface area contributed by atoms with Crippen molar-refractivity contribution < 1.29 is 18.6 Å². The van der Waals surface area contributed by atoms with E-state index in [4.69, 9.17) is 11.5 Å². The monoisotopic (exact) mass is 432 g/mol. The molecule has 0 amide bonds. The molecule has 6 nitrogen and oxygen atoms in total. The fourth-order valence-corrected chi connectivity index (χ4v) is 4.65. The minimum Gasteiger partial charge on any atom is -0.508 e. The van der Waals surface area contributed by atoms with E-state index in [1.54, 1.807) is 36.4 Å². The van der Waals surface area contributed by atoms with Gasteiger partial charge in [0.15, 0.2) is 0 Å². The van der Waals surface area contributed by atoms with E-state index in [0.717, 1.165) is 11.1 Å². The van der Waals surface area contributed by atoms with Crippen LogP contribution in [-0.2, 0) is 9.84 Å². The largest absolute Gasteiger partial charge is 0.508 e. The fraction of sp³-hybridized carbons (Fsp3) is 0. The number of rotatable bonds is 4. The van der Waals surface area contributed by atoms with Gasteiger partial charge in [0.2, 0.25) is 9.84 Å². The normalized spacial score (nSPS) is 11.4. The lowest BCUT2D eigenvalue weighted by atomic mass is 10.0. The maximum absolute atomic E-state index is 13.0. The van der Waals surface area contributed by atoms with Gasteiger partial charge in [0.05, 0.1) is 9.79 Å². The Balaban J connectivity index is 1.64. The van der Waals surface area contributed by atoms with E-state index in [1.165, 1.54) is 48.5 Å². The van der Waals surface area contributed by atoms with Gasteiger partial charge in [-0.1, -0.05) is 24.3 Å². The van der Waals surface area contributed by atoms with Gasteiger partial charge in [-0.25, -0.2) is 8.42 Å². The molecule has 4 aromatic rings. The van der Waals surface area contributed by atoms with E-state index >= 15 is 0 Å². The first-order valence-electron chi connectivity index (χ1n) is 9.38. The first kappa shape index (κ1) is 20.3. The summed E-state index contributed by atoms with van der Waals surface area (Å²) >= 11 is 0. The highest BCUT2D eigenvalue weighted by molar-refractivity contribution is 7.91. The number of hydrogen-bond donors (Lipinski definition) is 4. The molecule has 156 valence electrons. The summed E-state index contributed by atoms with van der Waals surface area (Å²) in [6.45, 7) is 0. The molecule has 0 saturated heterocycles. The molecule has 0 heterocycles. The molecule has 7 heteroatoms. The third-order valence-electron chi connectivity index (χ3n) is 5.02. The molecule has 0 aliphatic rings. The molecule has 4 rings (SSSR count). The summed E-state index contributed by atoms with van der Waals surface area (Å²) < 4.78 is 26.1. The second-order valence-electron chi connectivity index (χ2n) is 7.10. The minimum absolute atomic E-state index is 0.0676. The van der Waals surface area contributed by atoms with E-state index in [0.29, 0.717) is 22.5 Å².